The molecule has 0 fully saturated rings. The fourth-order valence-electron chi connectivity index (χ4n) is 2.37. The lowest BCUT2D eigenvalue weighted by Gasteiger charge is -2.26. The molecule has 1 rings (SSSR count). The van der Waals surface area contributed by atoms with E-state index in [4.69, 9.17) is 9.47 Å². The standard InChI is InChI=1S/C19H24F3NO4/c1-6-7-14(12-8-10-13(11-9-12)19(20,21)22)15(16(24)26-5)23-17(25)27-18(2,3)4/h6-11,14-15H,1-5H3,(H,23,25)/b7-6+/t14-,15-/m1/s1. The number of hydrogen-bond donors (Lipinski definition) is 1. The molecule has 1 amide bonds. The van der Waals surface area contributed by atoms with Gasteiger partial charge in [-0.25, -0.2) is 9.59 Å². The number of amides is 1. The molecular formula is C19H24F3NO4. The van der Waals surface area contributed by atoms with E-state index in [1.807, 2.05) is 0 Å². The lowest BCUT2D eigenvalue weighted by atomic mass is 9.90. The Morgan fingerprint density at radius 2 is 1.67 bits per heavy atom. The van der Waals surface area contributed by atoms with Crippen LogP contribution in [0.5, 0.6) is 0 Å². The first-order valence-corrected chi connectivity index (χ1v) is 8.26. The fourth-order valence-corrected chi connectivity index (χ4v) is 2.37. The van der Waals surface area contributed by atoms with Gasteiger partial charge in [0.2, 0.25) is 0 Å². The topological polar surface area (TPSA) is 64.6 Å². The Balaban J connectivity index is 3.20. The van der Waals surface area contributed by atoms with E-state index in [9.17, 15) is 22.8 Å². The molecule has 0 aliphatic rings. The summed E-state index contributed by atoms with van der Waals surface area (Å²) in [4.78, 5) is 24.3. The number of carbonyl (C=O) groups is 2. The molecule has 1 aromatic rings. The van der Waals surface area contributed by atoms with Gasteiger partial charge >= 0.3 is 18.2 Å². The maximum atomic E-state index is 12.8. The largest absolute Gasteiger partial charge is 0.467 e. The Morgan fingerprint density at radius 3 is 2.07 bits per heavy atom. The van der Waals surface area contributed by atoms with Gasteiger partial charge in [0.15, 0.2) is 0 Å². The van der Waals surface area contributed by atoms with Gasteiger partial charge in [0, 0.05) is 5.92 Å². The molecule has 0 spiro atoms. The van der Waals surface area contributed by atoms with E-state index in [0.29, 0.717) is 5.56 Å². The maximum absolute atomic E-state index is 12.8. The molecule has 5 nitrogen and oxygen atoms in total. The SMILES string of the molecule is C/C=C/[C@H](c1ccc(C(F)(F)F)cc1)[C@@H](NC(=O)OC(C)(C)C)C(=O)OC. The van der Waals surface area contributed by atoms with Gasteiger partial charge in [0.1, 0.15) is 11.6 Å². The van der Waals surface area contributed by atoms with Crippen LogP contribution in [-0.2, 0) is 20.4 Å². The smallest absolute Gasteiger partial charge is 0.416 e. The predicted octanol–water partition coefficient (Wildman–Crippen LogP) is 4.43. The van der Waals surface area contributed by atoms with Gasteiger partial charge in [-0.1, -0.05) is 24.3 Å². The number of esters is 1. The molecule has 0 saturated carbocycles. The monoisotopic (exact) mass is 387 g/mol. The Kier molecular flexibility index (Phi) is 7.45. The Bertz CT molecular complexity index is 676. The normalized spacial score (nSPS) is 14.5. The lowest BCUT2D eigenvalue weighted by Crippen LogP contribution is -2.47. The third-order valence-corrected chi connectivity index (χ3v) is 3.51. The number of carbonyl (C=O) groups excluding carboxylic acids is 2. The van der Waals surface area contributed by atoms with E-state index in [-0.39, 0.29) is 0 Å². The molecule has 0 bridgehead atoms. The van der Waals surface area contributed by atoms with Crippen LogP contribution in [0.2, 0.25) is 0 Å². The van der Waals surface area contributed by atoms with Crippen LogP contribution in [0.15, 0.2) is 36.4 Å². The molecule has 0 heterocycles. The van der Waals surface area contributed by atoms with E-state index in [0.717, 1.165) is 19.2 Å². The van der Waals surface area contributed by atoms with Gasteiger partial charge in [0.05, 0.1) is 12.7 Å². The molecule has 0 aromatic heterocycles. The molecule has 8 heteroatoms. The fraction of sp³-hybridized carbons (Fsp3) is 0.474. The molecule has 1 aromatic carbocycles. The van der Waals surface area contributed by atoms with Crippen LogP contribution < -0.4 is 5.32 Å². The first-order chi connectivity index (χ1) is 12.4. The minimum Gasteiger partial charge on any atom is -0.467 e. The molecule has 0 aliphatic carbocycles. The summed E-state index contributed by atoms with van der Waals surface area (Å²) >= 11 is 0. The second-order valence-corrected chi connectivity index (χ2v) is 6.82. The number of methoxy groups -OCH3 is 1. The van der Waals surface area contributed by atoms with E-state index >= 15 is 0 Å². The summed E-state index contributed by atoms with van der Waals surface area (Å²) < 4.78 is 48.2. The van der Waals surface area contributed by atoms with Crippen molar-refractivity contribution < 1.29 is 32.2 Å². The van der Waals surface area contributed by atoms with Crippen LogP contribution in [0.4, 0.5) is 18.0 Å². The van der Waals surface area contributed by atoms with Crippen molar-refractivity contribution in [2.75, 3.05) is 7.11 Å². The summed E-state index contributed by atoms with van der Waals surface area (Å²) in [5.41, 5.74) is -1.18. The highest BCUT2D eigenvalue weighted by atomic mass is 19.4. The van der Waals surface area contributed by atoms with Gasteiger partial charge in [-0.05, 0) is 45.4 Å². The zero-order valence-corrected chi connectivity index (χ0v) is 15.9. The summed E-state index contributed by atoms with van der Waals surface area (Å²) in [6.45, 7) is 6.69. The van der Waals surface area contributed by atoms with Crippen molar-refractivity contribution in [1.29, 1.82) is 0 Å². The summed E-state index contributed by atoms with van der Waals surface area (Å²) in [5, 5.41) is 2.44. The Labute approximate surface area is 156 Å². The summed E-state index contributed by atoms with van der Waals surface area (Å²) in [5.74, 6) is -1.49. The number of hydrogen-bond acceptors (Lipinski definition) is 4. The molecule has 0 aliphatic heterocycles. The Morgan fingerprint density at radius 1 is 1.11 bits per heavy atom. The van der Waals surface area contributed by atoms with Crippen LogP contribution in [0.1, 0.15) is 44.7 Å². The van der Waals surface area contributed by atoms with Crippen LogP contribution >= 0.6 is 0 Å². The molecular weight excluding hydrogens is 363 g/mol. The molecule has 27 heavy (non-hydrogen) atoms. The van der Waals surface area contributed by atoms with Crippen LogP contribution in [0.3, 0.4) is 0 Å². The highest BCUT2D eigenvalue weighted by Crippen LogP contribution is 2.31. The first kappa shape index (κ1) is 22.5. The quantitative estimate of drug-likeness (QED) is 0.600. The molecule has 0 saturated heterocycles. The first-order valence-electron chi connectivity index (χ1n) is 8.26. The van der Waals surface area contributed by atoms with Crippen molar-refractivity contribution >= 4 is 12.1 Å². The second-order valence-electron chi connectivity index (χ2n) is 6.82. The third-order valence-electron chi connectivity index (χ3n) is 3.51. The number of halogens is 3. The lowest BCUT2D eigenvalue weighted by molar-refractivity contribution is -0.143. The van der Waals surface area contributed by atoms with Gasteiger partial charge in [-0.3, -0.25) is 0 Å². The van der Waals surface area contributed by atoms with Crippen molar-refractivity contribution in [3.8, 4) is 0 Å². The van der Waals surface area contributed by atoms with Crippen molar-refractivity contribution in [3.05, 3.63) is 47.5 Å². The van der Waals surface area contributed by atoms with Crippen LogP contribution in [-0.4, -0.2) is 30.8 Å². The number of nitrogens with one attached hydrogen (secondary N) is 1. The average molecular weight is 387 g/mol. The van der Waals surface area contributed by atoms with Crippen molar-refractivity contribution in [1.82, 2.24) is 5.32 Å². The predicted molar refractivity (Wildman–Crippen MR) is 94.2 cm³/mol. The van der Waals surface area contributed by atoms with Crippen molar-refractivity contribution in [3.63, 3.8) is 0 Å². The second kappa shape index (κ2) is 8.92. The molecule has 2 atom stereocenters. The zero-order chi connectivity index (χ0) is 20.8. The van der Waals surface area contributed by atoms with Crippen LogP contribution in [0.25, 0.3) is 0 Å². The van der Waals surface area contributed by atoms with E-state index in [1.54, 1.807) is 39.8 Å². The van der Waals surface area contributed by atoms with E-state index in [1.165, 1.54) is 12.1 Å². The summed E-state index contributed by atoms with van der Waals surface area (Å²) in [7, 11) is 1.16. The minimum absolute atomic E-state index is 0.410. The highest BCUT2D eigenvalue weighted by molar-refractivity contribution is 5.83. The number of ether oxygens (including phenoxy) is 2. The number of benzene rings is 1. The maximum Gasteiger partial charge on any atom is 0.416 e. The average Bonchev–Trinajstić information content (AvgIpc) is 2.55. The van der Waals surface area contributed by atoms with Crippen LogP contribution in [0, 0.1) is 0 Å². The summed E-state index contributed by atoms with van der Waals surface area (Å²) in [6, 6.07) is 3.21. The van der Waals surface area contributed by atoms with Gasteiger partial charge < -0.3 is 14.8 Å². The van der Waals surface area contributed by atoms with E-state index in [2.05, 4.69) is 5.32 Å². The minimum atomic E-state index is -4.47. The zero-order valence-electron chi connectivity index (χ0n) is 15.9. The van der Waals surface area contributed by atoms with Crippen molar-refractivity contribution in [2.24, 2.45) is 0 Å². The number of allylic oxidation sites excluding steroid dienone is 1. The van der Waals surface area contributed by atoms with Gasteiger partial charge in [0.25, 0.3) is 0 Å². The highest BCUT2D eigenvalue weighted by Gasteiger charge is 2.34. The number of alkyl carbamates (subject to hydrolysis) is 1. The summed E-state index contributed by atoms with van der Waals surface area (Å²) in [6.07, 6.45) is -2.07. The molecule has 1 N–H and O–H groups in total. The molecule has 150 valence electrons. The van der Waals surface area contributed by atoms with Gasteiger partial charge in [-0.15, -0.1) is 0 Å². The third kappa shape index (κ3) is 6.96. The number of rotatable bonds is 5. The molecule has 0 radical (unpaired) electrons. The number of alkyl halides is 3. The van der Waals surface area contributed by atoms with E-state index < -0.39 is 41.4 Å². The van der Waals surface area contributed by atoms with Gasteiger partial charge in [-0.2, -0.15) is 13.2 Å². The Hall–Kier alpha value is -2.51. The molecule has 0 unspecified atom stereocenters. The van der Waals surface area contributed by atoms with Crippen molar-refractivity contribution in [2.45, 2.75) is 51.4 Å².